The Labute approximate surface area is 232 Å². The second-order valence-electron chi connectivity index (χ2n) is 9.62. The lowest BCUT2D eigenvalue weighted by atomic mass is 10.0. The van der Waals surface area contributed by atoms with Crippen molar-refractivity contribution in [1.82, 2.24) is 30.3 Å². The van der Waals surface area contributed by atoms with Crippen LogP contribution in [0.4, 0.5) is 0 Å². The van der Waals surface area contributed by atoms with E-state index in [1.54, 1.807) is 22.9 Å². The molecule has 3 aromatic rings. The molecule has 3 N–H and O–H groups in total. The first-order valence-electron chi connectivity index (χ1n) is 13.1. The highest BCUT2D eigenvalue weighted by atomic mass is 16.5. The summed E-state index contributed by atoms with van der Waals surface area (Å²) >= 11 is 0. The minimum atomic E-state index is -0.761. The molecular formula is C28H34N6O6. The number of aliphatic hydroxyl groups is 1. The molecule has 0 spiro atoms. The molecule has 2 bridgehead atoms. The topological polar surface area (TPSA) is 148 Å². The standard InChI is InChI=1S/C28H34N6O6/c1-18(2)25-27-31-26(19-7-5-4-6-8-19)32-34(27)13-14-40-22-15-20(9-10-21(22)39-3)28(38)29-11-12-33(24(37)17-35)16-23(36)30-25/h4-10,15,18,25,35H,11-14,16-17H2,1-3H3,(H,29,38)(H,30,36)/t25-/m1/s1. The molecule has 212 valence electrons. The first kappa shape index (κ1) is 28.6. The van der Waals surface area contributed by atoms with Crippen LogP contribution in [0.5, 0.6) is 11.5 Å². The molecule has 12 heteroatoms. The van der Waals surface area contributed by atoms with Gasteiger partial charge in [0.2, 0.25) is 11.8 Å². The van der Waals surface area contributed by atoms with Gasteiger partial charge in [-0.1, -0.05) is 44.2 Å². The van der Waals surface area contributed by atoms with Crippen molar-refractivity contribution >= 4 is 17.7 Å². The number of carbonyl (C=O) groups excluding carboxylic acids is 3. The molecule has 1 aliphatic heterocycles. The molecule has 0 saturated carbocycles. The van der Waals surface area contributed by atoms with Crippen molar-refractivity contribution in [3.8, 4) is 22.9 Å². The van der Waals surface area contributed by atoms with Crippen LogP contribution in [0.25, 0.3) is 11.4 Å². The average molecular weight is 551 g/mol. The van der Waals surface area contributed by atoms with Crippen LogP contribution < -0.4 is 20.1 Å². The normalized spacial score (nSPS) is 16.8. The number of methoxy groups -OCH3 is 1. The number of ether oxygens (including phenoxy) is 2. The van der Waals surface area contributed by atoms with Gasteiger partial charge in [-0.15, -0.1) is 0 Å². The lowest BCUT2D eigenvalue weighted by Gasteiger charge is -2.25. The zero-order valence-corrected chi connectivity index (χ0v) is 22.8. The van der Waals surface area contributed by atoms with E-state index in [0.717, 1.165) is 5.56 Å². The van der Waals surface area contributed by atoms with Gasteiger partial charge in [-0.2, -0.15) is 5.10 Å². The minimum absolute atomic E-state index is 0.0265. The highest BCUT2D eigenvalue weighted by Gasteiger charge is 2.27. The number of nitrogens with zero attached hydrogens (tertiary/aromatic N) is 4. The molecule has 12 nitrogen and oxygen atoms in total. The van der Waals surface area contributed by atoms with E-state index in [-0.39, 0.29) is 38.1 Å². The van der Waals surface area contributed by atoms with E-state index < -0.39 is 24.5 Å². The van der Waals surface area contributed by atoms with Crippen LogP contribution in [0.3, 0.4) is 0 Å². The van der Waals surface area contributed by atoms with Gasteiger partial charge in [0.25, 0.3) is 5.91 Å². The molecule has 2 aromatic carbocycles. The highest BCUT2D eigenvalue weighted by Crippen LogP contribution is 2.29. The van der Waals surface area contributed by atoms with Gasteiger partial charge in [0, 0.05) is 24.2 Å². The van der Waals surface area contributed by atoms with Crippen molar-refractivity contribution in [2.24, 2.45) is 5.92 Å². The van der Waals surface area contributed by atoms with Crippen molar-refractivity contribution in [2.75, 3.05) is 40.0 Å². The van der Waals surface area contributed by atoms with Gasteiger partial charge in [0.05, 0.1) is 26.2 Å². The summed E-state index contributed by atoms with van der Waals surface area (Å²) in [5, 5.41) is 19.9. The second kappa shape index (κ2) is 13.1. The summed E-state index contributed by atoms with van der Waals surface area (Å²) in [5.41, 5.74) is 1.16. The van der Waals surface area contributed by atoms with E-state index in [9.17, 15) is 19.5 Å². The van der Waals surface area contributed by atoms with Gasteiger partial charge in [0.15, 0.2) is 23.1 Å². The number of aromatic nitrogens is 3. The van der Waals surface area contributed by atoms with E-state index in [0.29, 0.717) is 35.3 Å². The number of carbonyl (C=O) groups is 3. The molecule has 0 unspecified atom stereocenters. The SMILES string of the molecule is COc1ccc2cc1OCCn1nc(-c3ccccc3)nc1[C@@H](C(C)C)NC(=O)CN(C(=O)CO)CCNC2=O. The smallest absolute Gasteiger partial charge is 0.251 e. The summed E-state index contributed by atoms with van der Waals surface area (Å²) in [5.74, 6) is 0.365. The fourth-order valence-electron chi connectivity index (χ4n) is 4.35. The fourth-order valence-corrected chi connectivity index (χ4v) is 4.35. The monoisotopic (exact) mass is 550 g/mol. The van der Waals surface area contributed by atoms with Gasteiger partial charge in [-0.25, -0.2) is 9.67 Å². The average Bonchev–Trinajstić information content (AvgIpc) is 3.38. The maximum Gasteiger partial charge on any atom is 0.251 e. The maximum absolute atomic E-state index is 13.2. The zero-order chi connectivity index (χ0) is 28.6. The first-order chi connectivity index (χ1) is 19.3. The molecule has 1 aliphatic rings. The van der Waals surface area contributed by atoms with E-state index in [1.807, 2.05) is 44.2 Å². The summed E-state index contributed by atoms with van der Waals surface area (Å²) in [6, 6.07) is 13.8. The molecule has 0 saturated heterocycles. The quantitative estimate of drug-likeness (QED) is 0.442. The number of aliphatic hydroxyl groups excluding tert-OH is 1. The first-order valence-corrected chi connectivity index (χ1v) is 13.1. The number of rotatable bonds is 4. The Morgan fingerprint density at radius 2 is 1.93 bits per heavy atom. The number of hydrogen-bond acceptors (Lipinski definition) is 8. The van der Waals surface area contributed by atoms with E-state index in [2.05, 4.69) is 10.6 Å². The molecule has 1 aromatic heterocycles. The zero-order valence-electron chi connectivity index (χ0n) is 22.8. The molecule has 0 aliphatic carbocycles. The fraction of sp³-hybridized carbons (Fsp3) is 0.393. The van der Waals surface area contributed by atoms with Crippen molar-refractivity contribution < 1.29 is 29.0 Å². The third kappa shape index (κ3) is 6.75. The number of fused-ring (bicyclic) bond motifs is 3. The summed E-state index contributed by atoms with van der Waals surface area (Å²) < 4.78 is 13.2. The lowest BCUT2D eigenvalue weighted by Crippen LogP contribution is -2.46. The Balaban J connectivity index is 1.73. The third-order valence-electron chi connectivity index (χ3n) is 6.47. The third-order valence-corrected chi connectivity index (χ3v) is 6.47. The predicted octanol–water partition coefficient (Wildman–Crippen LogP) is 1.41. The van der Waals surface area contributed by atoms with Gasteiger partial charge in [-0.05, 0) is 24.1 Å². The van der Waals surface area contributed by atoms with Crippen LogP contribution in [-0.2, 0) is 16.1 Å². The molecular weight excluding hydrogens is 516 g/mol. The molecule has 3 amide bonds. The molecule has 0 fully saturated rings. The Morgan fingerprint density at radius 3 is 2.62 bits per heavy atom. The summed E-state index contributed by atoms with van der Waals surface area (Å²) in [6.07, 6.45) is 0. The molecule has 4 rings (SSSR count). The number of nitrogens with one attached hydrogen (secondary N) is 2. The summed E-state index contributed by atoms with van der Waals surface area (Å²) in [7, 11) is 1.52. The molecule has 1 atom stereocenters. The molecule has 0 radical (unpaired) electrons. The van der Waals surface area contributed by atoms with Crippen LogP contribution in [-0.4, -0.2) is 82.5 Å². The van der Waals surface area contributed by atoms with Crippen molar-refractivity contribution in [1.29, 1.82) is 0 Å². The van der Waals surface area contributed by atoms with Crippen molar-refractivity contribution in [2.45, 2.75) is 26.4 Å². The van der Waals surface area contributed by atoms with Gasteiger partial charge in [-0.3, -0.25) is 14.4 Å². The Kier molecular flexibility index (Phi) is 9.33. The van der Waals surface area contributed by atoms with E-state index >= 15 is 0 Å². The Morgan fingerprint density at radius 1 is 1.15 bits per heavy atom. The van der Waals surface area contributed by atoms with Gasteiger partial charge < -0.3 is 30.1 Å². The van der Waals surface area contributed by atoms with Gasteiger partial charge in [0.1, 0.15) is 13.2 Å². The molecule has 40 heavy (non-hydrogen) atoms. The van der Waals surface area contributed by atoms with E-state index in [1.165, 1.54) is 12.0 Å². The highest BCUT2D eigenvalue weighted by molar-refractivity contribution is 5.95. The maximum atomic E-state index is 13.2. The summed E-state index contributed by atoms with van der Waals surface area (Å²) in [4.78, 5) is 44.3. The lowest BCUT2D eigenvalue weighted by molar-refractivity contribution is -0.138. The summed E-state index contributed by atoms with van der Waals surface area (Å²) in [6.45, 7) is 3.42. The predicted molar refractivity (Wildman–Crippen MR) is 146 cm³/mol. The van der Waals surface area contributed by atoms with Crippen LogP contribution in [0.15, 0.2) is 48.5 Å². The van der Waals surface area contributed by atoms with Crippen LogP contribution in [0, 0.1) is 5.92 Å². The minimum Gasteiger partial charge on any atom is -0.493 e. The van der Waals surface area contributed by atoms with Crippen LogP contribution in [0.1, 0.15) is 36.1 Å². The molecule has 2 heterocycles. The van der Waals surface area contributed by atoms with Crippen molar-refractivity contribution in [3.63, 3.8) is 0 Å². The van der Waals surface area contributed by atoms with Gasteiger partial charge >= 0.3 is 0 Å². The largest absolute Gasteiger partial charge is 0.493 e. The van der Waals surface area contributed by atoms with Crippen LogP contribution in [0.2, 0.25) is 0 Å². The Hall–Kier alpha value is -4.45. The van der Waals surface area contributed by atoms with E-state index in [4.69, 9.17) is 19.6 Å². The Bertz CT molecular complexity index is 1340. The number of benzene rings is 2. The second-order valence-corrected chi connectivity index (χ2v) is 9.62. The van der Waals surface area contributed by atoms with Crippen LogP contribution >= 0.6 is 0 Å². The number of amides is 3. The number of hydrogen-bond donors (Lipinski definition) is 3. The van der Waals surface area contributed by atoms with Crippen molar-refractivity contribution in [3.05, 3.63) is 59.9 Å².